The number of hydrogen-bond donors (Lipinski definition) is 16. The molecule has 4 fully saturated rings. The predicted octanol–water partition coefficient (Wildman–Crippen LogP) is -7.12. The lowest BCUT2D eigenvalue weighted by atomic mass is 9.97. The summed E-state index contributed by atoms with van der Waals surface area (Å²) in [5.74, 6) is -2.69. The first-order chi connectivity index (χ1) is 30.9. The zero-order chi connectivity index (χ0) is 47.2. The number of phenolic OH excluding ortho intramolecular Hbond substituents is 2. The Kier molecular flexibility index (Phi) is 15.1. The zero-order valence-corrected chi connectivity index (χ0v) is 33.6. The average molecular weight is 935 g/mol. The molecule has 362 valence electrons. The van der Waals surface area contributed by atoms with Crippen molar-refractivity contribution >= 4 is 11.0 Å². The SMILES string of the molecule is O=c1c(O[C@@H]2O[C@H](CO)[C@@H](O)[C@H](O)[C@@H]2O[C@@H]2O[C@H](CO)[C@@H](O)[C@H](O)[C@H]2O)c(-c2ccc(O)cc2)oc2cc(O[C@@H]3O[C@@H](CO)[C@@H](O[C@@H]4O[C@H](CO)[C@@H](O)[C@H](O)[C@H]4O)[C@H](O)[C@H]3O)cc(O)c12. The fraction of sp³-hybridized carbons (Fsp3) is 0.615. The Balaban J connectivity index is 1.20. The highest BCUT2D eigenvalue weighted by atomic mass is 16.8. The lowest BCUT2D eigenvalue weighted by Gasteiger charge is -2.45. The fourth-order valence-electron chi connectivity index (χ4n) is 7.77. The summed E-state index contributed by atoms with van der Waals surface area (Å²) in [6, 6.07) is 6.85. The van der Waals surface area contributed by atoms with Gasteiger partial charge >= 0.3 is 0 Å². The van der Waals surface area contributed by atoms with E-state index < -0.39 is 183 Å². The summed E-state index contributed by atoms with van der Waals surface area (Å²) in [4.78, 5) is 14.4. The van der Waals surface area contributed by atoms with Crippen LogP contribution < -0.4 is 14.9 Å². The van der Waals surface area contributed by atoms with Crippen LogP contribution in [0.1, 0.15) is 0 Å². The highest BCUT2D eigenvalue weighted by Gasteiger charge is 2.53. The van der Waals surface area contributed by atoms with Gasteiger partial charge in [-0.15, -0.1) is 0 Å². The normalized spacial score (nSPS) is 40.2. The van der Waals surface area contributed by atoms with Crippen LogP contribution >= 0.6 is 0 Å². The maximum absolute atomic E-state index is 14.4. The van der Waals surface area contributed by atoms with Crippen LogP contribution in [0.2, 0.25) is 0 Å². The number of fused-ring (bicyclic) bond motifs is 1. The lowest BCUT2D eigenvalue weighted by molar-refractivity contribution is -0.358. The van der Waals surface area contributed by atoms with Crippen LogP contribution in [-0.4, -0.2) is 231 Å². The van der Waals surface area contributed by atoms with Gasteiger partial charge in [0.2, 0.25) is 23.8 Å². The summed E-state index contributed by atoms with van der Waals surface area (Å²) in [5.41, 5.74) is -1.56. The first kappa shape index (κ1) is 49.0. The Hall–Kier alpha value is -3.95. The molecule has 0 saturated carbocycles. The number of aliphatic hydroxyl groups excluding tert-OH is 14. The number of aromatic hydroxyl groups is 2. The maximum Gasteiger partial charge on any atom is 0.239 e. The fourth-order valence-corrected chi connectivity index (χ4v) is 7.77. The third-order valence-corrected chi connectivity index (χ3v) is 11.4. The summed E-state index contributed by atoms with van der Waals surface area (Å²) in [7, 11) is 0. The third kappa shape index (κ3) is 9.49. The van der Waals surface area contributed by atoms with E-state index in [-0.39, 0.29) is 17.1 Å². The molecule has 0 aliphatic carbocycles. The van der Waals surface area contributed by atoms with E-state index in [0.29, 0.717) is 0 Å². The largest absolute Gasteiger partial charge is 0.508 e. The van der Waals surface area contributed by atoms with Crippen molar-refractivity contribution in [2.24, 2.45) is 0 Å². The molecule has 4 aliphatic heterocycles. The molecule has 5 heterocycles. The van der Waals surface area contributed by atoms with Crippen molar-refractivity contribution in [1.82, 2.24) is 0 Å². The van der Waals surface area contributed by atoms with E-state index in [4.69, 9.17) is 42.3 Å². The van der Waals surface area contributed by atoms with Gasteiger partial charge in [0.1, 0.15) is 120 Å². The van der Waals surface area contributed by atoms with Gasteiger partial charge in [0.05, 0.1) is 26.4 Å². The van der Waals surface area contributed by atoms with Crippen LogP contribution in [0.4, 0.5) is 0 Å². The van der Waals surface area contributed by atoms with Crippen molar-refractivity contribution < 1.29 is 124 Å². The first-order valence-electron chi connectivity index (χ1n) is 20.1. The molecule has 26 nitrogen and oxygen atoms in total. The van der Waals surface area contributed by atoms with Crippen LogP contribution in [0.5, 0.6) is 23.0 Å². The molecule has 0 spiro atoms. The standard InChI is InChI=1S/C39H50O26/c40-7-16-21(46)25(50)29(54)37(59-16)63-33-19(10-43)62-36(31(56)28(33)53)57-13-5-14(45)20-15(6-13)58-32(11-1-3-12(44)4-2-11)34(24(20)49)64-39-35(27(52)23(48)18(9-42)61-39)65-38-30(55)26(51)22(47)17(8-41)60-38/h1-6,16-19,21-23,25-31,33,35-48,50-56H,7-10H2/t16-,17-,18-,19+,21-,22-,23-,25+,26+,27+,28-,29-,30-,31-,33-,35+,36-,37+,38+,39+/m1/s1. The van der Waals surface area contributed by atoms with E-state index in [1.54, 1.807) is 0 Å². The van der Waals surface area contributed by atoms with Gasteiger partial charge in [-0.25, -0.2) is 0 Å². The Labute approximate surface area is 364 Å². The summed E-state index contributed by atoms with van der Waals surface area (Å²) in [5, 5.41) is 166. The number of rotatable bonds is 13. The molecule has 4 aliphatic rings. The number of benzene rings is 2. The molecular formula is C39H50O26. The van der Waals surface area contributed by atoms with E-state index in [2.05, 4.69) is 0 Å². The Morgan fingerprint density at radius 1 is 0.492 bits per heavy atom. The second kappa shape index (κ2) is 20.1. The molecule has 0 bridgehead atoms. The molecule has 0 unspecified atom stereocenters. The smallest absolute Gasteiger partial charge is 0.239 e. The van der Waals surface area contributed by atoms with E-state index in [1.807, 2.05) is 0 Å². The topological polar surface area (TPSA) is 428 Å². The van der Waals surface area contributed by atoms with Crippen molar-refractivity contribution in [3.8, 4) is 34.3 Å². The minimum atomic E-state index is -2.05. The highest BCUT2D eigenvalue weighted by molar-refractivity contribution is 5.88. The molecular weight excluding hydrogens is 884 g/mol. The summed E-state index contributed by atoms with van der Waals surface area (Å²) in [6.45, 7) is -3.50. The maximum atomic E-state index is 14.4. The van der Waals surface area contributed by atoms with Crippen molar-refractivity contribution in [2.75, 3.05) is 26.4 Å². The highest BCUT2D eigenvalue weighted by Crippen LogP contribution is 2.40. The van der Waals surface area contributed by atoms with Crippen LogP contribution in [0.15, 0.2) is 45.6 Å². The molecule has 16 N–H and O–H groups in total. The van der Waals surface area contributed by atoms with Gasteiger partial charge in [-0.1, -0.05) is 0 Å². The summed E-state index contributed by atoms with van der Waals surface area (Å²) >= 11 is 0. The molecule has 4 saturated heterocycles. The van der Waals surface area contributed by atoms with Crippen LogP contribution in [-0.2, 0) is 28.4 Å². The average Bonchev–Trinajstić information content (AvgIpc) is 3.29. The Morgan fingerprint density at radius 2 is 0.954 bits per heavy atom. The second-order valence-corrected chi connectivity index (χ2v) is 15.7. The molecule has 7 rings (SSSR count). The minimum absolute atomic E-state index is 0.0227. The third-order valence-electron chi connectivity index (χ3n) is 11.4. The van der Waals surface area contributed by atoms with Gasteiger partial charge in [0, 0.05) is 17.7 Å². The number of hydrogen-bond acceptors (Lipinski definition) is 26. The minimum Gasteiger partial charge on any atom is -0.508 e. The number of aliphatic hydroxyl groups is 14. The molecule has 0 amide bonds. The van der Waals surface area contributed by atoms with Gasteiger partial charge in [0.15, 0.2) is 24.4 Å². The van der Waals surface area contributed by atoms with Gasteiger partial charge in [-0.3, -0.25) is 4.79 Å². The second-order valence-electron chi connectivity index (χ2n) is 15.7. The van der Waals surface area contributed by atoms with Crippen LogP contribution in [0.25, 0.3) is 22.3 Å². The monoisotopic (exact) mass is 934 g/mol. The lowest BCUT2D eigenvalue weighted by Crippen LogP contribution is -2.65. The van der Waals surface area contributed by atoms with Crippen LogP contribution in [0.3, 0.4) is 0 Å². The van der Waals surface area contributed by atoms with E-state index >= 15 is 0 Å². The van der Waals surface area contributed by atoms with Gasteiger partial charge < -0.3 is 124 Å². The van der Waals surface area contributed by atoms with E-state index in [0.717, 1.165) is 12.1 Å². The van der Waals surface area contributed by atoms with Crippen molar-refractivity contribution in [3.05, 3.63) is 46.6 Å². The number of ether oxygens (including phenoxy) is 8. The molecule has 20 atom stereocenters. The molecule has 0 radical (unpaired) electrons. The zero-order valence-electron chi connectivity index (χ0n) is 33.6. The molecule has 26 heteroatoms. The summed E-state index contributed by atoms with van der Waals surface area (Å²) < 4.78 is 51.1. The van der Waals surface area contributed by atoms with Crippen molar-refractivity contribution in [2.45, 2.75) is 123 Å². The van der Waals surface area contributed by atoms with E-state index in [1.165, 1.54) is 24.3 Å². The van der Waals surface area contributed by atoms with Gasteiger partial charge in [0.25, 0.3) is 0 Å². The Morgan fingerprint density at radius 3 is 1.49 bits per heavy atom. The van der Waals surface area contributed by atoms with Crippen molar-refractivity contribution in [3.63, 3.8) is 0 Å². The quantitative estimate of drug-likeness (QED) is 0.0757. The summed E-state index contributed by atoms with van der Waals surface area (Å²) in [6.07, 6.45) is -36.5. The molecule has 1 aromatic heterocycles. The van der Waals surface area contributed by atoms with Crippen LogP contribution in [0, 0.1) is 0 Å². The first-order valence-corrected chi connectivity index (χ1v) is 20.1. The van der Waals surface area contributed by atoms with E-state index in [9.17, 15) is 86.5 Å². The number of phenols is 2. The van der Waals surface area contributed by atoms with Gasteiger partial charge in [-0.05, 0) is 24.3 Å². The van der Waals surface area contributed by atoms with Gasteiger partial charge in [-0.2, -0.15) is 0 Å². The molecule has 65 heavy (non-hydrogen) atoms. The Bertz CT molecular complexity index is 2120. The molecule has 2 aromatic carbocycles. The predicted molar refractivity (Wildman–Crippen MR) is 205 cm³/mol. The molecule has 3 aromatic rings. The van der Waals surface area contributed by atoms with Crippen molar-refractivity contribution in [1.29, 1.82) is 0 Å².